The van der Waals surface area contributed by atoms with E-state index in [0.29, 0.717) is 0 Å². The third-order valence-corrected chi connectivity index (χ3v) is 5.36. The van der Waals surface area contributed by atoms with E-state index < -0.39 is 0 Å². The van der Waals surface area contributed by atoms with Crippen molar-refractivity contribution in [3.63, 3.8) is 0 Å². The van der Waals surface area contributed by atoms with Crippen LogP contribution in [0, 0.1) is 11.8 Å². The van der Waals surface area contributed by atoms with Crippen LogP contribution in [-0.2, 0) is 6.54 Å². The second-order valence-electron chi connectivity index (χ2n) is 5.82. The summed E-state index contributed by atoms with van der Waals surface area (Å²) in [5.74, 6) is 2.62. The fraction of sp³-hybridized carbons (Fsp3) is 0.533. The van der Waals surface area contributed by atoms with E-state index in [-0.39, 0.29) is 0 Å². The summed E-state index contributed by atoms with van der Waals surface area (Å²) in [7, 11) is 0. The standard InChI is InChI=1S/C15H19N3OS/c1-2-14(19-5-1)15-17-13(10-20-15)9-18-4-3-11-6-16-7-12(11)8-18/h1-2,5,10-12,16H,3-4,6-9H2. The second-order valence-corrected chi connectivity index (χ2v) is 6.68. The Bertz CT molecular complexity index is 565. The number of likely N-dealkylation sites (tertiary alicyclic amines) is 1. The van der Waals surface area contributed by atoms with Crippen LogP contribution in [0.1, 0.15) is 12.1 Å². The number of thiazole rings is 1. The van der Waals surface area contributed by atoms with E-state index in [0.717, 1.165) is 29.1 Å². The van der Waals surface area contributed by atoms with E-state index in [4.69, 9.17) is 9.40 Å². The van der Waals surface area contributed by atoms with Gasteiger partial charge in [0.15, 0.2) is 10.8 Å². The Morgan fingerprint density at radius 2 is 2.35 bits per heavy atom. The van der Waals surface area contributed by atoms with Crippen LogP contribution in [0.3, 0.4) is 0 Å². The zero-order valence-corrected chi connectivity index (χ0v) is 12.2. The van der Waals surface area contributed by atoms with Crippen LogP contribution in [0.15, 0.2) is 28.2 Å². The highest BCUT2D eigenvalue weighted by molar-refractivity contribution is 7.13. The third kappa shape index (κ3) is 2.41. The quantitative estimate of drug-likeness (QED) is 0.942. The van der Waals surface area contributed by atoms with Crippen molar-refractivity contribution in [2.24, 2.45) is 11.8 Å². The molecule has 4 nitrogen and oxygen atoms in total. The van der Waals surface area contributed by atoms with Crippen LogP contribution in [0.5, 0.6) is 0 Å². The first-order valence-electron chi connectivity index (χ1n) is 7.30. The highest BCUT2D eigenvalue weighted by Gasteiger charge is 2.32. The number of hydrogen-bond donors (Lipinski definition) is 1. The van der Waals surface area contributed by atoms with Crippen LogP contribution in [-0.4, -0.2) is 36.1 Å². The normalized spacial score (nSPS) is 26.8. The predicted molar refractivity (Wildman–Crippen MR) is 79.6 cm³/mol. The van der Waals surface area contributed by atoms with E-state index >= 15 is 0 Å². The van der Waals surface area contributed by atoms with Crippen LogP contribution in [0.4, 0.5) is 0 Å². The molecule has 0 aromatic carbocycles. The Balaban J connectivity index is 1.42. The molecule has 0 aliphatic carbocycles. The Labute approximate surface area is 122 Å². The maximum atomic E-state index is 5.41. The van der Waals surface area contributed by atoms with Gasteiger partial charge in [0.25, 0.3) is 0 Å². The average Bonchev–Trinajstić information content (AvgIpc) is 3.19. The topological polar surface area (TPSA) is 41.3 Å². The van der Waals surface area contributed by atoms with Gasteiger partial charge in [0.05, 0.1) is 12.0 Å². The summed E-state index contributed by atoms with van der Waals surface area (Å²) in [5, 5.41) is 6.67. The summed E-state index contributed by atoms with van der Waals surface area (Å²) >= 11 is 1.67. The van der Waals surface area contributed by atoms with Gasteiger partial charge >= 0.3 is 0 Å². The summed E-state index contributed by atoms with van der Waals surface area (Å²) in [6.07, 6.45) is 3.03. The van der Waals surface area contributed by atoms with E-state index in [1.54, 1.807) is 17.6 Å². The van der Waals surface area contributed by atoms with Crippen molar-refractivity contribution >= 4 is 11.3 Å². The molecule has 2 aliphatic rings. The number of nitrogens with zero attached hydrogens (tertiary/aromatic N) is 2. The number of fused-ring (bicyclic) bond motifs is 1. The van der Waals surface area contributed by atoms with Gasteiger partial charge in [-0.15, -0.1) is 11.3 Å². The van der Waals surface area contributed by atoms with Gasteiger partial charge < -0.3 is 9.73 Å². The lowest BCUT2D eigenvalue weighted by Crippen LogP contribution is -2.39. The van der Waals surface area contributed by atoms with Gasteiger partial charge in [-0.25, -0.2) is 4.98 Å². The van der Waals surface area contributed by atoms with Crippen LogP contribution >= 0.6 is 11.3 Å². The molecule has 2 atom stereocenters. The van der Waals surface area contributed by atoms with E-state index in [1.807, 2.05) is 12.1 Å². The Morgan fingerprint density at radius 1 is 1.40 bits per heavy atom. The average molecular weight is 289 g/mol. The van der Waals surface area contributed by atoms with Gasteiger partial charge in [0.1, 0.15) is 0 Å². The lowest BCUT2D eigenvalue weighted by Gasteiger charge is -2.33. The summed E-state index contributed by atoms with van der Waals surface area (Å²) in [4.78, 5) is 7.25. The number of aromatic nitrogens is 1. The molecule has 0 saturated carbocycles. The van der Waals surface area contributed by atoms with Gasteiger partial charge in [0, 0.05) is 18.5 Å². The molecule has 0 bridgehead atoms. The molecule has 2 aromatic heterocycles. The van der Waals surface area contributed by atoms with Crippen molar-refractivity contribution < 1.29 is 4.42 Å². The first-order chi connectivity index (χ1) is 9.88. The lowest BCUT2D eigenvalue weighted by molar-refractivity contribution is 0.141. The van der Waals surface area contributed by atoms with Crippen molar-refractivity contribution in [1.29, 1.82) is 0 Å². The minimum atomic E-state index is 0.840. The molecule has 5 heteroatoms. The summed E-state index contributed by atoms with van der Waals surface area (Å²) in [5.41, 5.74) is 1.17. The first-order valence-corrected chi connectivity index (χ1v) is 8.18. The molecule has 0 radical (unpaired) electrons. The van der Waals surface area contributed by atoms with Gasteiger partial charge in [-0.2, -0.15) is 0 Å². The van der Waals surface area contributed by atoms with Crippen LogP contribution in [0.2, 0.25) is 0 Å². The number of nitrogens with one attached hydrogen (secondary N) is 1. The molecule has 4 rings (SSSR count). The summed E-state index contributed by atoms with van der Waals surface area (Å²) < 4.78 is 5.41. The zero-order chi connectivity index (χ0) is 13.4. The number of piperidine rings is 1. The van der Waals surface area contributed by atoms with Gasteiger partial charge in [-0.1, -0.05) is 0 Å². The van der Waals surface area contributed by atoms with Crippen molar-refractivity contribution in [2.45, 2.75) is 13.0 Å². The first kappa shape index (κ1) is 12.6. The Kier molecular flexibility index (Phi) is 3.34. The lowest BCUT2D eigenvalue weighted by atomic mass is 9.89. The molecular formula is C15H19N3OS. The van der Waals surface area contributed by atoms with Crippen molar-refractivity contribution in [3.8, 4) is 10.8 Å². The van der Waals surface area contributed by atoms with Gasteiger partial charge in [0.2, 0.25) is 0 Å². The van der Waals surface area contributed by atoms with Crippen LogP contribution in [0.25, 0.3) is 10.8 Å². The maximum absolute atomic E-state index is 5.41. The van der Waals surface area contributed by atoms with Crippen molar-refractivity contribution in [2.75, 3.05) is 26.2 Å². The smallest absolute Gasteiger partial charge is 0.162 e. The Hall–Kier alpha value is -1.17. The predicted octanol–water partition coefficient (Wildman–Crippen LogP) is 2.44. The molecule has 4 heterocycles. The molecule has 2 saturated heterocycles. The van der Waals surface area contributed by atoms with Crippen molar-refractivity contribution in [1.82, 2.24) is 15.2 Å². The minimum absolute atomic E-state index is 0.840. The number of furan rings is 1. The highest BCUT2D eigenvalue weighted by Crippen LogP contribution is 2.29. The molecule has 2 aliphatic heterocycles. The molecule has 1 N–H and O–H groups in total. The molecule has 20 heavy (non-hydrogen) atoms. The summed E-state index contributed by atoms with van der Waals surface area (Å²) in [6.45, 7) is 5.80. The highest BCUT2D eigenvalue weighted by atomic mass is 32.1. The van der Waals surface area contributed by atoms with E-state index in [1.165, 1.54) is 38.3 Å². The molecule has 2 unspecified atom stereocenters. The zero-order valence-electron chi connectivity index (χ0n) is 11.4. The SMILES string of the molecule is c1coc(-c2nc(CN3CCC4CNCC4C3)cs2)c1. The van der Waals surface area contributed by atoms with E-state index in [2.05, 4.69) is 15.6 Å². The van der Waals surface area contributed by atoms with Gasteiger partial charge in [-0.05, 0) is 50.0 Å². The van der Waals surface area contributed by atoms with Gasteiger partial charge in [-0.3, -0.25) is 4.90 Å². The van der Waals surface area contributed by atoms with E-state index in [9.17, 15) is 0 Å². The van der Waals surface area contributed by atoms with Crippen molar-refractivity contribution in [3.05, 3.63) is 29.5 Å². The minimum Gasteiger partial charge on any atom is -0.462 e. The summed E-state index contributed by atoms with van der Waals surface area (Å²) in [6, 6.07) is 3.88. The Morgan fingerprint density at radius 3 is 3.25 bits per heavy atom. The molecule has 0 spiro atoms. The second kappa shape index (κ2) is 5.31. The van der Waals surface area contributed by atoms with Crippen LogP contribution < -0.4 is 5.32 Å². The fourth-order valence-electron chi connectivity index (χ4n) is 3.38. The molecular weight excluding hydrogens is 270 g/mol. The number of hydrogen-bond acceptors (Lipinski definition) is 5. The third-order valence-electron chi connectivity index (χ3n) is 4.46. The monoisotopic (exact) mass is 289 g/mol. The fourth-order valence-corrected chi connectivity index (χ4v) is 4.15. The maximum Gasteiger partial charge on any atom is 0.162 e. The molecule has 0 amide bonds. The largest absolute Gasteiger partial charge is 0.462 e. The molecule has 2 aromatic rings. The number of rotatable bonds is 3. The molecule has 106 valence electrons. The molecule has 2 fully saturated rings.